The molecule has 0 saturated carbocycles. The van der Waals surface area contributed by atoms with Gasteiger partial charge in [-0.2, -0.15) is 0 Å². The van der Waals surface area contributed by atoms with E-state index in [1.54, 1.807) is 11.8 Å². The smallest absolute Gasteiger partial charge is 0.233 e. The van der Waals surface area contributed by atoms with Crippen molar-refractivity contribution in [1.82, 2.24) is 4.90 Å². The lowest BCUT2D eigenvalue weighted by Gasteiger charge is -2.25. The first-order valence-electron chi connectivity index (χ1n) is 7.70. The number of carbonyl (C=O) groups is 2. The van der Waals surface area contributed by atoms with Gasteiger partial charge in [0.1, 0.15) is 5.78 Å². The molecule has 1 amide bonds. The average Bonchev–Trinajstić information content (AvgIpc) is 2.93. The van der Waals surface area contributed by atoms with Crippen molar-refractivity contribution in [3.8, 4) is 0 Å². The van der Waals surface area contributed by atoms with Gasteiger partial charge >= 0.3 is 0 Å². The van der Waals surface area contributed by atoms with Crippen molar-refractivity contribution in [3.05, 3.63) is 12.2 Å². The van der Waals surface area contributed by atoms with Gasteiger partial charge in [0.2, 0.25) is 5.91 Å². The van der Waals surface area contributed by atoms with Crippen molar-refractivity contribution in [3.63, 3.8) is 0 Å². The lowest BCUT2D eigenvalue weighted by molar-refractivity contribution is -0.141. The van der Waals surface area contributed by atoms with E-state index >= 15 is 0 Å². The highest BCUT2D eigenvalue weighted by atomic mass is 16.3. The number of nitrogens with zero attached hydrogens (tertiary/aromatic N) is 1. The van der Waals surface area contributed by atoms with Crippen LogP contribution in [0.2, 0.25) is 0 Å². The summed E-state index contributed by atoms with van der Waals surface area (Å²) in [6.45, 7) is 4.46. The summed E-state index contributed by atoms with van der Waals surface area (Å²) < 4.78 is 0. The zero-order valence-electron chi connectivity index (χ0n) is 12.7. The molecule has 1 fully saturated rings. The Morgan fingerprint density at radius 3 is 2.70 bits per heavy atom. The minimum absolute atomic E-state index is 0.000242. The molecule has 1 aliphatic heterocycles. The zero-order chi connectivity index (χ0) is 15.0. The maximum atomic E-state index is 12.3. The van der Waals surface area contributed by atoms with Crippen LogP contribution in [0, 0.1) is 5.92 Å². The number of hydrogen-bond acceptors (Lipinski definition) is 3. The number of Topliss-reactive ketones (excluding diaryl/α,β-unsaturated/α-hetero) is 1. The monoisotopic (exact) mass is 281 g/mol. The molecule has 4 heteroatoms. The van der Waals surface area contributed by atoms with Crippen LogP contribution in [0.15, 0.2) is 12.2 Å². The minimum Gasteiger partial charge on any atom is -0.394 e. The quantitative estimate of drug-likeness (QED) is 0.548. The molecule has 2 atom stereocenters. The fourth-order valence-corrected chi connectivity index (χ4v) is 2.55. The number of amides is 1. The molecule has 0 aromatic rings. The van der Waals surface area contributed by atoms with Gasteiger partial charge in [-0.1, -0.05) is 25.5 Å². The number of hydrogen-bond donors (Lipinski definition) is 1. The molecule has 1 aliphatic rings. The first kappa shape index (κ1) is 16.9. The van der Waals surface area contributed by atoms with Gasteiger partial charge in [-0.05, 0) is 32.6 Å². The zero-order valence-corrected chi connectivity index (χ0v) is 12.7. The van der Waals surface area contributed by atoms with Crippen LogP contribution in [0.1, 0.15) is 52.4 Å². The van der Waals surface area contributed by atoms with E-state index in [2.05, 4.69) is 13.0 Å². The van der Waals surface area contributed by atoms with Crippen LogP contribution in [-0.2, 0) is 9.59 Å². The molecule has 0 aromatic carbocycles. The molecule has 1 N–H and O–H groups in total. The van der Waals surface area contributed by atoms with Crippen molar-refractivity contribution >= 4 is 11.7 Å². The van der Waals surface area contributed by atoms with E-state index in [9.17, 15) is 14.7 Å². The molecular formula is C16H27NO3. The number of rotatable bonds is 8. The molecule has 0 unspecified atom stereocenters. The normalized spacial score (nSPS) is 20.6. The van der Waals surface area contributed by atoms with Crippen LogP contribution in [0.4, 0.5) is 0 Å². The Balaban J connectivity index is 2.41. The molecule has 0 aromatic heterocycles. The van der Waals surface area contributed by atoms with Crippen molar-refractivity contribution in [2.75, 3.05) is 13.2 Å². The maximum Gasteiger partial charge on any atom is 0.233 e. The number of unbranched alkanes of at least 4 members (excludes halogenated alkanes) is 1. The summed E-state index contributed by atoms with van der Waals surface area (Å²) in [5.41, 5.74) is 0. The summed E-state index contributed by atoms with van der Waals surface area (Å²) in [4.78, 5) is 26.0. The first-order chi connectivity index (χ1) is 9.61. The Hall–Kier alpha value is -1.16. The number of likely N-dealkylation sites (tertiary alicyclic amines) is 1. The highest BCUT2D eigenvalue weighted by Crippen LogP contribution is 2.20. The molecule has 1 rings (SSSR count). The standard InChI is InChI=1S/C16H27NO3/c1-3-4-5-6-7-10-15(19)13(2)16(20)17-11-8-9-14(17)12-18/h5-6,13-14,18H,3-4,7-12H2,1-2H3/b6-5+/t13-,14+/m0/s1. The van der Waals surface area contributed by atoms with Gasteiger partial charge < -0.3 is 10.0 Å². The van der Waals surface area contributed by atoms with Crippen LogP contribution in [-0.4, -0.2) is 40.9 Å². The lowest BCUT2D eigenvalue weighted by Crippen LogP contribution is -2.42. The van der Waals surface area contributed by atoms with Gasteiger partial charge in [0.05, 0.1) is 18.6 Å². The van der Waals surface area contributed by atoms with E-state index < -0.39 is 5.92 Å². The van der Waals surface area contributed by atoms with Gasteiger partial charge in [-0.15, -0.1) is 0 Å². The highest BCUT2D eigenvalue weighted by molar-refractivity contribution is 6.01. The first-order valence-corrected chi connectivity index (χ1v) is 7.70. The van der Waals surface area contributed by atoms with Crippen LogP contribution in [0.5, 0.6) is 0 Å². The Labute approximate surface area is 121 Å². The topological polar surface area (TPSA) is 57.6 Å². The van der Waals surface area contributed by atoms with Crippen molar-refractivity contribution in [2.24, 2.45) is 5.92 Å². The van der Waals surface area contributed by atoms with Crippen LogP contribution in [0.25, 0.3) is 0 Å². The van der Waals surface area contributed by atoms with Crippen molar-refractivity contribution < 1.29 is 14.7 Å². The van der Waals surface area contributed by atoms with Gasteiger partial charge in [0.25, 0.3) is 0 Å². The summed E-state index contributed by atoms with van der Waals surface area (Å²) in [6, 6.07) is -0.0952. The van der Waals surface area contributed by atoms with Gasteiger partial charge in [0, 0.05) is 13.0 Å². The Morgan fingerprint density at radius 2 is 2.05 bits per heavy atom. The minimum atomic E-state index is -0.582. The predicted octanol–water partition coefficient (Wildman–Crippen LogP) is 2.31. The van der Waals surface area contributed by atoms with Crippen LogP contribution >= 0.6 is 0 Å². The molecule has 0 aliphatic carbocycles. The fourth-order valence-electron chi connectivity index (χ4n) is 2.55. The molecule has 0 bridgehead atoms. The van der Waals surface area contributed by atoms with Crippen LogP contribution in [0.3, 0.4) is 0 Å². The van der Waals surface area contributed by atoms with E-state index in [4.69, 9.17) is 0 Å². The van der Waals surface area contributed by atoms with Crippen LogP contribution < -0.4 is 0 Å². The summed E-state index contributed by atoms with van der Waals surface area (Å²) in [5, 5.41) is 9.24. The molecule has 0 radical (unpaired) electrons. The number of ketones is 1. The molecule has 4 nitrogen and oxygen atoms in total. The molecule has 1 saturated heterocycles. The van der Waals surface area contributed by atoms with Gasteiger partial charge in [0.15, 0.2) is 0 Å². The third kappa shape index (κ3) is 4.75. The summed E-state index contributed by atoms with van der Waals surface area (Å²) in [6.07, 6.45) is 9.13. The molecular weight excluding hydrogens is 254 g/mol. The SMILES string of the molecule is CCC/C=C/CCC(=O)[C@H](C)C(=O)N1CCC[C@@H]1CO. The predicted molar refractivity (Wildman–Crippen MR) is 79.3 cm³/mol. The Bertz CT molecular complexity index is 352. The third-order valence-corrected chi connectivity index (χ3v) is 3.90. The Kier molecular flexibility index (Phi) is 7.52. The maximum absolute atomic E-state index is 12.3. The second kappa shape index (κ2) is 8.90. The fraction of sp³-hybridized carbons (Fsp3) is 0.750. The summed E-state index contributed by atoms with van der Waals surface area (Å²) >= 11 is 0. The number of aliphatic hydroxyl groups excluding tert-OH is 1. The van der Waals surface area contributed by atoms with E-state index in [1.165, 1.54) is 0 Å². The number of allylic oxidation sites excluding steroid dienone is 2. The number of carbonyl (C=O) groups excluding carboxylic acids is 2. The summed E-state index contributed by atoms with van der Waals surface area (Å²) in [5.74, 6) is -0.703. The van der Waals surface area contributed by atoms with E-state index in [-0.39, 0.29) is 24.3 Å². The highest BCUT2D eigenvalue weighted by Gasteiger charge is 2.33. The lowest BCUT2D eigenvalue weighted by atomic mass is 10.00. The number of aliphatic hydroxyl groups is 1. The van der Waals surface area contributed by atoms with E-state index in [1.807, 2.05) is 6.08 Å². The molecule has 114 valence electrons. The second-order valence-electron chi connectivity index (χ2n) is 5.50. The van der Waals surface area contributed by atoms with Gasteiger partial charge in [-0.25, -0.2) is 0 Å². The second-order valence-corrected chi connectivity index (χ2v) is 5.50. The molecule has 1 heterocycles. The van der Waals surface area contributed by atoms with Crippen molar-refractivity contribution in [1.29, 1.82) is 0 Å². The molecule has 20 heavy (non-hydrogen) atoms. The van der Waals surface area contributed by atoms with E-state index in [0.29, 0.717) is 19.4 Å². The van der Waals surface area contributed by atoms with E-state index in [0.717, 1.165) is 25.7 Å². The van der Waals surface area contributed by atoms with Crippen molar-refractivity contribution in [2.45, 2.75) is 58.4 Å². The summed E-state index contributed by atoms with van der Waals surface area (Å²) in [7, 11) is 0. The van der Waals surface area contributed by atoms with Gasteiger partial charge in [-0.3, -0.25) is 9.59 Å². The molecule has 0 spiro atoms. The Morgan fingerprint density at radius 1 is 1.35 bits per heavy atom. The average molecular weight is 281 g/mol. The third-order valence-electron chi connectivity index (χ3n) is 3.90. The largest absolute Gasteiger partial charge is 0.394 e.